The molecule has 0 fully saturated rings. The summed E-state index contributed by atoms with van der Waals surface area (Å²) in [4.78, 5) is 13.4. The Bertz CT molecular complexity index is 710. The molecular weight excluding hydrogens is 392 g/mol. The van der Waals surface area contributed by atoms with Gasteiger partial charge in [-0.3, -0.25) is 0 Å². The molecule has 2 aromatic carbocycles. The summed E-state index contributed by atoms with van der Waals surface area (Å²) < 4.78 is 34.1. The van der Waals surface area contributed by atoms with Gasteiger partial charge in [0.25, 0.3) is 0 Å². The highest BCUT2D eigenvalue weighted by Gasteiger charge is 2.44. The lowest BCUT2D eigenvalue weighted by atomic mass is 9.98. The Balaban J connectivity index is 2.37. The van der Waals surface area contributed by atoms with Crippen LogP contribution in [0, 0.1) is 0 Å². The van der Waals surface area contributed by atoms with Gasteiger partial charge in [0.1, 0.15) is 0 Å². The standard InChI is InChI=1S/C19H20BrF2NO2/c1-3-25-18(24)19(21,22)13-17(14-8-7-9-15(20)12-14)23(2)16-10-5-4-6-11-16/h4-12,17H,3,13H2,1-2H3. The summed E-state index contributed by atoms with van der Waals surface area (Å²) in [5.74, 6) is -5.07. The Morgan fingerprint density at radius 2 is 1.88 bits per heavy atom. The van der Waals surface area contributed by atoms with Crippen molar-refractivity contribution in [3.8, 4) is 0 Å². The minimum Gasteiger partial charge on any atom is -0.462 e. The van der Waals surface area contributed by atoms with E-state index < -0.39 is 24.4 Å². The first-order chi connectivity index (χ1) is 11.8. The van der Waals surface area contributed by atoms with E-state index in [1.807, 2.05) is 36.4 Å². The SMILES string of the molecule is CCOC(=O)C(F)(F)CC(c1cccc(Br)c1)N(C)c1ccccc1. The van der Waals surface area contributed by atoms with Gasteiger partial charge in [-0.1, -0.05) is 46.3 Å². The van der Waals surface area contributed by atoms with E-state index in [1.54, 1.807) is 30.1 Å². The number of anilines is 1. The number of esters is 1. The number of ether oxygens (including phenoxy) is 1. The minimum atomic E-state index is -3.58. The highest BCUT2D eigenvalue weighted by molar-refractivity contribution is 9.10. The normalized spacial score (nSPS) is 12.5. The molecule has 0 aliphatic rings. The summed E-state index contributed by atoms with van der Waals surface area (Å²) in [6.07, 6.45) is -0.673. The van der Waals surface area contributed by atoms with Gasteiger partial charge in [-0.25, -0.2) is 4.79 Å². The highest BCUT2D eigenvalue weighted by Crippen LogP contribution is 2.36. The molecule has 2 rings (SSSR count). The lowest BCUT2D eigenvalue weighted by Crippen LogP contribution is -2.37. The lowest BCUT2D eigenvalue weighted by Gasteiger charge is -2.32. The van der Waals surface area contributed by atoms with Crippen molar-refractivity contribution in [2.75, 3.05) is 18.6 Å². The topological polar surface area (TPSA) is 29.5 Å². The summed E-state index contributed by atoms with van der Waals surface area (Å²) in [7, 11) is 1.74. The van der Waals surface area contributed by atoms with Crippen LogP contribution in [0.2, 0.25) is 0 Å². The van der Waals surface area contributed by atoms with E-state index in [-0.39, 0.29) is 6.61 Å². The number of benzene rings is 2. The number of halogens is 3. The molecule has 0 aliphatic heterocycles. The van der Waals surface area contributed by atoms with Gasteiger partial charge in [0.15, 0.2) is 0 Å². The number of alkyl halides is 2. The van der Waals surface area contributed by atoms with E-state index in [4.69, 9.17) is 0 Å². The second-order valence-electron chi connectivity index (χ2n) is 5.65. The summed E-state index contributed by atoms with van der Waals surface area (Å²) in [6, 6.07) is 15.7. The maximum Gasteiger partial charge on any atom is 0.377 e. The Morgan fingerprint density at radius 3 is 2.48 bits per heavy atom. The van der Waals surface area contributed by atoms with Crippen LogP contribution in [0.15, 0.2) is 59.1 Å². The zero-order valence-electron chi connectivity index (χ0n) is 14.1. The summed E-state index contributed by atoms with van der Waals surface area (Å²) in [5, 5.41) is 0. The van der Waals surface area contributed by atoms with Gasteiger partial charge in [0.2, 0.25) is 0 Å². The van der Waals surface area contributed by atoms with Crippen LogP contribution in [0.5, 0.6) is 0 Å². The molecule has 0 heterocycles. The molecular formula is C19H20BrF2NO2. The first-order valence-corrected chi connectivity index (χ1v) is 8.73. The predicted octanol–water partition coefficient (Wildman–Crippen LogP) is 5.22. The van der Waals surface area contributed by atoms with Crippen molar-refractivity contribution < 1.29 is 18.3 Å². The maximum absolute atomic E-state index is 14.4. The first kappa shape index (κ1) is 19.4. The Kier molecular flexibility index (Phi) is 6.53. The third kappa shape index (κ3) is 5.01. The fourth-order valence-electron chi connectivity index (χ4n) is 2.60. The van der Waals surface area contributed by atoms with Gasteiger partial charge in [-0.05, 0) is 36.8 Å². The summed E-state index contributed by atoms with van der Waals surface area (Å²) in [5.41, 5.74) is 1.47. The van der Waals surface area contributed by atoms with Crippen LogP contribution >= 0.6 is 15.9 Å². The second-order valence-corrected chi connectivity index (χ2v) is 6.56. The van der Waals surface area contributed by atoms with Crippen LogP contribution in [0.25, 0.3) is 0 Å². The van der Waals surface area contributed by atoms with Crippen LogP contribution in [0.1, 0.15) is 24.9 Å². The summed E-state index contributed by atoms with van der Waals surface area (Å²) >= 11 is 3.37. The van der Waals surface area contributed by atoms with E-state index >= 15 is 0 Å². The number of para-hydroxylation sites is 1. The van der Waals surface area contributed by atoms with E-state index in [9.17, 15) is 13.6 Å². The second kappa shape index (κ2) is 8.43. The molecule has 1 unspecified atom stereocenters. The largest absolute Gasteiger partial charge is 0.462 e. The van der Waals surface area contributed by atoms with Gasteiger partial charge in [0.05, 0.1) is 12.6 Å². The van der Waals surface area contributed by atoms with Crippen molar-refractivity contribution >= 4 is 27.6 Å². The lowest BCUT2D eigenvalue weighted by molar-refractivity contribution is -0.173. The molecule has 0 aliphatic carbocycles. The molecule has 0 N–H and O–H groups in total. The fraction of sp³-hybridized carbons (Fsp3) is 0.316. The number of carbonyl (C=O) groups is 1. The van der Waals surface area contributed by atoms with Crippen molar-refractivity contribution in [3.63, 3.8) is 0 Å². The Hall–Kier alpha value is -1.95. The molecule has 0 aromatic heterocycles. The van der Waals surface area contributed by atoms with Gasteiger partial charge in [-0.15, -0.1) is 0 Å². The Labute approximate surface area is 154 Å². The van der Waals surface area contributed by atoms with Crippen LogP contribution in [-0.2, 0) is 9.53 Å². The molecule has 0 saturated heterocycles. The molecule has 3 nitrogen and oxygen atoms in total. The molecule has 0 saturated carbocycles. The molecule has 134 valence electrons. The van der Waals surface area contributed by atoms with Crippen LogP contribution in [0.3, 0.4) is 0 Å². The number of nitrogens with zero attached hydrogens (tertiary/aromatic N) is 1. The van der Waals surface area contributed by atoms with Crippen molar-refractivity contribution in [1.82, 2.24) is 0 Å². The average molecular weight is 412 g/mol. The van der Waals surface area contributed by atoms with E-state index in [1.165, 1.54) is 6.92 Å². The van der Waals surface area contributed by atoms with Crippen molar-refractivity contribution in [3.05, 3.63) is 64.6 Å². The van der Waals surface area contributed by atoms with Crippen molar-refractivity contribution in [2.24, 2.45) is 0 Å². The molecule has 0 spiro atoms. The molecule has 25 heavy (non-hydrogen) atoms. The summed E-state index contributed by atoms with van der Waals surface area (Å²) in [6.45, 7) is 1.43. The molecule has 1 atom stereocenters. The van der Waals surface area contributed by atoms with Crippen LogP contribution < -0.4 is 4.90 Å². The van der Waals surface area contributed by atoms with Crippen molar-refractivity contribution in [1.29, 1.82) is 0 Å². The number of rotatable bonds is 7. The van der Waals surface area contributed by atoms with Gasteiger partial charge >= 0.3 is 11.9 Å². The quantitative estimate of drug-likeness (QED) is 0.585. The molecule has 2 aromatic rings. The van der Waals surface area contributed by atoms with Crippen LogP contribution in [-0.4, -0.2) is 25.5 Å². The molecule has 0 amide bonds. The molecule has 0 radical (unpaired) electrons. The van der Waals surface area contributed by atoms with Gasteiger partial charge in [0, 0.05) is 23.6 Å². The molecule has 6 heteroatoms. The highest BCUT2D eigenvalue weighted by atomic mass is 79.9. The van der Waals surface area contributed by atoms with Gasteiger partial charge in [-0.2, -0.15) is 8.78 Å². The number of hydrogen-bond acceptors (Lipinski definition) is 3. The third-order valence-electron chi connectivity index (χ3n) is 3.89. The average Bonchev–Trinajstić information content (AvgIpc) is 2.60. The zero-order chi connectivity index (χ0) is 18.4. The van der Waals surface area contributed by atoms with Crippen LogP contribution in [0.4, 0.5) is 14.5 Å². The predicted molar refractivity (Wildman–Crippen MR) is 97.9 cm³/mol. The fourth-order valence-corrected chi connectivity index (χ4v) is 3.02. The first-order valence-electron chi connectivity index (χ1n) is 7.93. The van der Waals surface area contributed by atoms with Crippen molar-refractivity contribution in [2.45, 2.75) is 25.3 Å². The monoisotopic (exact) mass is 411 g/mol. The third-order valence-corrected chi connectivity index (χ3v) is 4.38. The number of hydrogen-bond donors (Lipinski definition) is 0. The Morgan fingerprint density at radius 1 is 1.20 bits per heavy atom. The maximum atomic E-state index is 14.4. The zero-order valence-corrected chi connectivity index (χ0v) is 15.7. The minimum absolute atomic E-state index is 0.0789. The van der Waals surface area contributed by atoms with E-state index in [0.29, 0.717) is 5.56 Å². The van der Waals surface area contributed by atoms with E-state index in [0.717, 1.165) is 10.2 Å². The van der Waals surface area contributed by atoms with E-state index in [2.05, 4.69) is 20.7 Å². The van der Waals surface area contributed by atoms with Gasteiger partial charge < -0.3 is 9.64 Å². The number of carbonyl (C=O) groups excluding carboxylic acids is 1. The smallest absolute Gasteiger partial charge is 0.377 e. The molecule has 0 bridgehead atoms.